The van der Waals surface area contributed by atoms with Crippen LogP contribution in [0.1, 0.15) is 30.8 Å². The van der Waals surface area contributed by atoms with Crippen LogP contribution < -0.4 is 0 Å². The average molecular weight is 318 g/mol. The van der Waals surface area contributed by atoms with Crippen molar-refractivity contribution in [2.45, 2.75) is 34.2 Å². The molecule has 1 aromatic rings. The van der Waals surface area contributed by atoms with Crippen molar-refractivity contribution in [3.05, 3.63) is 28.6 Å². The zero-order valence-electron chi connectivity index (χ0n) is 14.2. The molecule has 6 heteroatoms. The molecule has 0 aliphatic carbocycles. The van der Waals surface area contributed by atoms with Crippen molar-refractivity contribution < 1.29 is 19.1 Å². The van der Waals surface area contributed by atoms with Gasteiger partial charge in [-0.25, -0.2) is 9.59 Å². The lowest BCUT2D eigenvalue weighted by Gasteiger charge is -2.12. The van der Waals surface area contributed by atoms with Crippen molar-refractivity contribution in [2.24, 2.45) is 5.92 Å². The van der Waals surface area contributed by atoms with E-state index < -0.39 is 18.5 Å². The van der Waals surface area contributed by atoms with Crippen molar-refractivity contribution in [3.63, 3.8) is 0 Å². The minimum atomic E-state index is -0.841. The summed E-state index contributed by atoms with van der Waals surface area (Å²) in [7, 11) is 1.20. The van der Waals surface area contributed by atoms with E-state index in [1.54, 1.807) is 0 Å². The van der Waals surface area contributed by atoms with Crippen LogP contribution in [0.5, 0.6) is 0 Å². The predicted molar refractivity (Wildman–Crippen MR) is 85.3 cm³/mol. The summed E-state index contributed by atoms with van der Waals surface area (Å²) >= 11 is 0. The number of carbonyl (C=O) groups is 2. The van der Waals surface area contributed by atoms with Gasteiger partial charge in [0.2, 0.25) is 0 Å². The zero-order valence-corrected chi connectivity index (χ0v) is 14.2. The molecule has 0 atom stereocenters. The quantitative estimate of drug-likeness (QED) is 0.457. The van der Waals surface area contributed by atoms with Crippen LogP contribution >= 0.6 is 0 Å². The maximum Gasteiger partial charge on any atom is 0.349 e. The van der Waals surface area contributed by atoms with E-state index in [0.717, 1.165) is 23.5 Å². The highest BCUT2D eigenvalue weighted by atomic mass is 16.6. The van der Waals surface area contributed by atoms with Gasteiger partial charge in [-0.1, -0.05) is 13.8 Å². The van der Waals surface area contributed by atoms with E-state index in [4.69, 9.17) is 10.00 Å². The van der Waals surface area contributed by atoms with Gasteiger partial charge in [-0.2, -0.15) is 5.26 Å². The molecular formula is C17H22N2O4. The zero-order chi connectivity index (χ0) is 17.6. The Morgan fingerprint density at radius 1 is 1.39 bits per heavy atom. The third kappa shape index (κ3) is 4.99. The van der Waals surface area contributed by atoms with Gasteiger partial charge in [0.1, 0.15) is 11.6 Å². The average Bonchev–Trinajstić information content (AvgIpc) is 2.76. The number of nitriles is 1. The van der Waals surface area contributed by atoms with Crippen LogP contribution in [0.3, 0.4) is 0 Å². The first kappa shape index (κ1) is 18.5. The van der Waals surface area contributed by atoms with Crippen LogP contribution in [0.2, 0.25) is 0 Å². The third-order valence-electron chi connectivity index (χ3n) is 3.35. The Hall–Kier alpha value is -2.55. The lowest BCUT2D eigenvalue weighted by molar-refractivity contribution is -0.154. The number of esters is 2. The standard InChI is InChI=1S/C17H22N2O4/c1-11(2)9-19-12(3)6-14(13(19)4)7-15(8-18)17(21)23-10-16(20)22-5/h6-7,11H,9-10H2,1-5H3/b15-7+. The van der Waals surface area contributed by atoms with Gasteiger partial charge >= 0.3 is 11.9 Å². The Bertz CT molecular complexity index is 663. The van der Waals surface area contributed by atoms with E-state index in [1.165, 1.54) is 13.2 Å². The summed E-state index contributed by atoms with van der Waals surface area (Å²) in [5, 5.41) is 9.15. The van der Waals surface area contributed by atoms with Crippen LogP contribution in [0, 0.1) is 31.1 Å². The monoisotopic (exact) mass is 318 g/mol. The Morgan fingerprint density at radius 2 is 2.04 bits per heavy atom. The fourth-order valence-corrected chi connectivity index (χ4v) is 2.17. The number of hydrogen-bond donors (Lipinski definition) is 0. The first-order valence-corrected chi connectivity index (χ1v) is 7.32. The molecule has 0 saturated carbocycles. The Balaban J connectivity index is 3.01. The molecule has 1 aromatic heterocycles. The molecule has 1 heterocycles. The lowest BCUT2D eigenvalue weighted by atomic mass is 10.1. The lowest BCUT2D eigenvalue weighted by Crippen LogP contribution is -2.15. The molecule has 0 fully saturated rings. The summed E-state index contributed by atoms with van der Waals surface area (Å²) in [5.41, 5.74) is 2.67. The molecule has 0 bridgehead atoms. The van der Waals surface area contributed by atoms with E-state index in [1.807, 2.05) is 26.0 Å². The number of methoxy groups -OCH3 is 1. The third-order valence-corrected chi connectivity index (χ3v) is 3.35. The molecule has 0 N–H and O–H groups in total. The molecule has 0 radical (unpaired) electrons. The highest BCUT2D eigenvalue weighted by molar-refractivity contribution is 5.98. The summed E-state index contributed by atoms with van der Waals surface area (Å²) < 4.78 is 11.3. The van der Waals surface area contributed by atoms with Crippen LogP contribution in [0.25, 0.3) is 6.08 Å². The second-order valence-electron chi connectivity index (χ2n) is 5.65. The molecule has 0 aliphatic heterocycles. The fourth-order valence-electron chi connectivity index (χ4n) is 2.17. The van der Waals surface area contributed by atoms with Crippen molar-refractivity contribution >= 4 is 18.0 Å². The van der Waals surface area contributed by atoms with Gasteiger partial charge in [0, 0.05) is 17.9 Å². The molecule has 0 aromatic carbocycles. The van der Waals surface area contributed by atoms with Gasteiger partial charge in [0.05, 0.1) is 7.11 Å². The maximum absolute atomic E-state index is 11.9. The van der Waals surface area contributed by atoms with Crippen LogP contribution in [0.15, 0.2) is 11.6 Å². The minimum Gasteiger partial charge on any atom is -0.466 e. The number of rotatable bonds is 6. The molecule has 1 rings (SSSR count). The van der Waals surface area contributed by atoms with Crippen LogP contribution in [-0.2, 0) is 25.6 Å². The van der Waals surface area contributed by atoms with E-state index >= 15 is 0 Å². The normalized spacial score (nSPS) is 11.3. The van der Waals surface area contributed by atoms with Crippen LogP contribution in [0.4, 0.5) is 0 Å². The van der Waals surface area contributed by atoms with Crippen molar-refractivity contribution in [1.82, 2.24) is 4.57 Å². The van der Waals surface area contributed by atoms with Crippen molar-refractivity contribution in [1.29, 1.82) is 5.26 Å². The Morgan fingerprint density at radius 3 is 2.57 bits per heavy atom. The molecular weight excluding hydrogens is 296 g/mol. The molecule has 0 saturated heterocycles. The van der Waals surface area contributed by atoms with Gasteiger partial charge in [0.15, 0.2) is 6.61 Å². The number of aryl methyl sites for hydroxylation is 1. The van der Waals surface area contributed by atoms with E-state index in [-0.39, 0.29) is 5.57 Å². The molecule has 124 valence electrons. The number of nitrogens with zero attached hydrogens (tertiary/aromatic N) is 2. The number of carbonyl (C=O) groups excluding carboxylic acids is 2. The summed E-state index contributed by atoms with van der Waals surface area (Å²) in [6.07, 6.45) is 1.48. The smallest absolute Gasteiger partial charge is 0.349 e. The largest absolute Gasteiger partial charge is 0.466 e. The Labute approximate surface area is 136 Å². The van der Waals surface area contributed by atoms with E-state index in [0.29, 0.717) is 5.92 Å². The second kappa shape index (κ2) is 8.18. The molecule has 0 aliphatic rings. The SMILES string of the molecule is COC(=O)COC(=O)/C(C#N)=C/c1cc(C)n(CC(C)C)c1C. The van der Waals surface area contributed by atoms with Crippen molar-refractivity contribution in [3.8, 4) is 6.07 Å². The van der Waals surface area contributed by atoms with Gasteiger partial charge in [0.25, 0.3) is 0 Å². The van der Waals surface area contributed by atoms with Gasteiger partial charge in [-0.05, 0) is 37.5 Å². The number of ether oxygens (including phenoxy) is 2. The van der Waals surface area contributed by atoms with Gasteiger partial charge in [-0.3, -0.25) is 0 Å². The molecule has 0 unspecified atom stereocenters. The van der Waals surface area contributed by atoms with E-state index in [2.05, 4.69) is 23.2 Å². The second-order valence-corrected chi connectivity index (χ2v) is 5.65. The van der Waals surface area contributed by atoms with Gasteiger partial charge in [-0.15, -0.1) is 0 Å². The highest BCUT2D eigenvalue weighted by Crippen LogP contribution is 2.20. The van der Waals surface area contributed by atoms with E-state index in [9.17, 15) is 9.59 Å². The predicted octanol–water partition coefficient (Wildman–Crippen LogP) is 2.38. The van der Waals surface area contributed by atoms with Gasteiger partial charge < -0.3 is 14.0 Å². The number of hydrogen-bond acceptors (Lipinski definition) is 5. The first-order valence-electron chi connectivity index (χ1n) is 7.32. The molecule has 0 amide bonds. The summed E-state index contributed by atoms with van der Waals surface area (Å²) in [4.78, 5) is 22.8. The number of aromatic nitrogens is 1. The Kier molecular flexibility index (Phi) is 6.58. The fraction of sp³-hybridized carbons (Fsp3) is 0.471. The highest BCUT2D eigenvalue weighted by Gasteiger charge is 2.15. The maximum atomic E-state index is 11.9. The molecule has 23 heavy (non-hydrogen) atoms. The summed E-state index contributed by atoms with van der Waals surface area (Å²) in [6.45, 7) is 8.52. The first-order chi connectivity index (χ1) is 10.8. The summed E-state index contributed by atoms with van der Waals surface area (Å²) in [5.74, 6) is -1.03. The topological polar surface area (TPSA) is 81.3 Å². The molecule has 0 spiro atoms. The van der Waals surface area contributed by atoms with Crippen LogP contribution in [-0.4, -0.2) is 30.2 Å². The van der Waals surface area contributed by atoms with Crippen molar-refractivity contribution in [2.75, 3.05) is 13.7 Å². The molecule has 6 nitrogen and oxygen atoms in total. The summed E-state index contributed by atoms with van der Waals surface area (Å²) in [6, 6.07) is 3.73. The minimum absolute atomic E-state index is 0.154.